The molecule has 2 aromatic carbocycles. The van der Waals surface area contributed by atoms with Crippen LogP contribution >= 0.6 is 0 Å². The minimum Gasteiger partial charge on any atom is -0.493 e. The molecular formula is C21H23N5O3. The quantitative estimate of drug-likeness (QED) is 0.613. The molecule has 4 rings (SSSR count). The number of rotatable bonds is 5. The molecule has 0 spiro atoms. The van der Waals surface area contributed by atoms with Crippen molar-refractivity contribution in [2.45, 2.75) is 25.7 Å². The summed E-state index contributed by atoms with van der Waals surface area (Å²) in [5.41, 5.74) is 2.65. The van der Waals surface area contributed by atoms with Crippen LogP contribution in [-0.4, -0.2) is 36.4 Å². The summed E-state index contributed by atoms with van der Waals surface area (Å²) in [6.07, 6.45) is -0.194. The molecule has 1 saturated heterocycles. The average molecular weight is 393 g/mol. The first-order valence-electron chi connectivity index (χ1n) is 9.34. The molecule has 2 unspecified atom stereocenters. The molecule has 0 aliphatic carbocycles. The number of nitrogens with one attached hydrogen (secondary N) is 3. The third kappa shape index (κ3) is 3.93. The minimum absolute atomic E-state index is 0.0708. The van der Waals surface area contributed by atoms with E-state index in [0.717, 1.165) is 22.2 Å². The highest BCUT2D eigenvalue weighted by atomic mass is 16.5. The number of anilines is 1. The van der Waals surface area contributed by atoms with E-state index < -0.39 is 6.29 Å². The van der Waals surface area contributed by atoms with Crippen molar-refractivity contribution in [1.29, 1.82) is 0 Å². The zero-order chi connectivity index (χ0) is 20.4. The van der Waals surface area contributed by atoms with Gasteiger partial charge in [0.1, 0.15) is 0 Å². The summed E-state index contributed by atoms with van der Waals surface area (Å²) < 4.78 is 10.7. The number of benzene rings is 2. The van der Waals surface area contributed by atoms with E-state index in [-0.39, 0.29) is 11.9 Å². The van der Waals surface area contributed by atoms with Crippen molar-refractivity contribution in [3.8, 4) is 11.5 Å². The van der Waals surface area contributed by atoms with Gasteiger partial charge in [-0.1, -0.05) is 24.3 Å². The highest BCUT2D eigenvalue weighted by Gasteiger charge is 2.28. The predicted octanol–water partition coefficient (Wildman–Crippen LogP) is 2.50. The maximum atomic E-state index is 12.3. The molecule has 0 radical (unpaired) electrons. The maximum Gasteiger partial charge on any atom is 0.226 e. The van der Waals surface area contributed by atoms with Crippen LogP contribution in [0.1, 0.15) is 23.7 Å². The number of methoxy groups -OCH3 is 2. The lowest BCUT2D eigenvalue weighted by molar-refractivity contribution is -0.124. The first-order valence-corrected chi connectivity index (χ1v) is 9.34. The van der Waals surface area contributed by atoms with E-state index in [1.54, 1.807) is 14.2 Å². The Morgan fingerprint density at radius 2 is 1.86 bits per heavy atom. The molecule has 3 N–H and O–H groups in total. The van der Waals surface area contributed by atoms with E-state index in [2.05, 4.69) is 25.9 Å². The first kappa shape index (κ1) is 18.9. The highest BCUT2D eigenvalue weighted by Crippen LogP contribution is 2.31. The van der Waals surface area contributed by atoms with Gasteiger partial charge in [-0.3, -0.25) is 10.1 Å². The number of ether oxygens (including phenoxy) is 2. The van der Waals surface area contributed by atoms with Gasteiger partial charge < -0.3 is 20.1 Å². The van der Waals surface area contributed by atoms with Crippen LogP contribution in [0.3, 0.4) is 0 Å². The van der Waals surface area contributed by atoms with Crippen molar-refractivity contribution in [3.05, 3.63) is 53.7 Å². The summed E-state index contributed by atoms with van der Waals surface area (Å²) in [7, 11) is 3.18. The third-order valence-electron chi connectivity index (χ3n) is 4.94. The van der Waals surface area contributed by atoms with Gasteiger partial charge in [0, 0.05) is 17.8 Å². The van der Waals surface area contributed by atoms with Crippen molar-refractivity contribution in [2.24, 2.45) is 0 Å². The largest absolute Gasteiger partial charge is 0.493 e. The molecule has 1 aliphatic rings. The lowest BCUT2D eigenvalue weighted by Crippen LogP contribution is -2.56. The van der Waals surface area contributed by atoms with Crippen LogP contribution < -0.4 is 25.4 Å². The van der Waals surface area contributed by atoms with Gasteiger partial charge in [-0.05, 0) is 30.7 Å². The SMILES string of the molecule is COc1ccc(C2CC(=O)NC(Nc3nc(C)c4ccccc4n3)N2)cc1OC. The number of hydrogen-bond acceptors (Lipinski definition) is 7. The molecule has 8 heteroatoms. The summed E-state index contributed by atoms with van der Waals surface area (Å²) in [5, 5.41) is 10.4. The van der Waals surface area contributed by atoms with Gasteiger partial charge in [-0.25, -0.2) is 9.97 Å². The minimum atomic E-state index is -0.505. The van der Waals surface area contributed by atoms with Gasteiger partial charge in [0.2, 0.25) is 11.9 Å². The van der Waals surface area contributed by atoms with Gasteiger partial charge in [0.15, 0.2) is 17.8 Å². The molecule has 29 heavy (non-hydrogen) atoms. The lowest BCUT2D eigenvalue weighted by Gasteiger charge is -2.32. The molecule has 1 fully saturated rings. The van der Waals surface area contributed by atoms with E-state index in [1.165, 1.54) is 0 Å². The molecule has 2 heterocycles. The zero-order valence-corrected chi connectivity index (χ0v) is 16.5. The fourth-order valence-electron chi connectivity index (χ4n) is 3.50. The second-order valence-electron chi connectivity index (χ2n) is 6.83. The Hall–Kier alpha value is -3.39. The van der Waals surface area contributed by atoms with Gasteiger partial charge in [0.25, 0.3) is 0 Å². The number of aryl methyl sites for hydroxylation is 1. The number of fused-ring (bicyclic) bond motifs is 1. The van der Waals surface area contributed by atoms with Gasteiger partial charge in [0.05, 0.1) is 25.4 Å². The number of nitrogens with zero attached hydrogens (tertiary/aromatic N) is 2. The number of para-hydroxylation sites is 1. The summed E-state index contributed by atoms with van der Waals surface area (Å²) in [6.45, 7) is 1.94. The predicted molar refractivity (Wildman–Crippen MR) is 110 cm³/mol. The van der Waals surface area contributed by atoms with E-state index in [0.29, 0.717) is 23.9 Å². The molecule has 1 aliphatic heterocycles. The van der Waals surface area contributed by atoms with Crippen LogP contribution in [-0.2, 0) is 4.79 Å². The maximum absolute atomic E-state index is 12.3. The van der Waals surface area contributed by atoms with Gasteiger partial charge in [-0.15, -0.1) is 0 Å². The van der Waals surface area contributed by atoms with Crippen molar-refractivity contribution in [2.75, 3.05) is 19.5 Å². The lowest BCUT2D eigenvalue weighted by atomic mass is 10.0. The summed E-state index contributed by atoms with van der Waals surface area (Å²) in [4.78, 5) is 21.4. The molecule has 150 valence electrons. The molecule has 1 aromatic heterocycles. The Labute approximate surface area is 168 Å². The van der Waals surface area contributed by atoms with E-state index in [4.69, 9.17) is 9.47 Å². The molecule has 2 atom stereocenters. The number of aromatic nitrogens is 2. The average Bonchev–Trinajstić information content (AvgIpc) is 2.73. The smallest absolute Gasteiger partial charge is 0.226 e. The summed E-state index contributed by atoms with van der Waals surface area (Å²) in [5.74, 6) is 1.65. The van der Waals surface area contributed by atoms with Crippen molar-refractivity contribution < 1.29 is 14.3 Å². The third-order valence-corrected chi connectivity index (χ3v) is 4.94. The number of carbonyl (C=O) groups is 1. The molecular weight excluding hydrogens is 370 g/mol. The Morgan fingerprint density at radius 1 is 1.07 bits per heavy atom. The molecule has 1 amide bonds. The van der Waals surface area contributed by atoms with Crippen molar-refractivity contribution in [1.82, 2.24) is 20.6 Å². The van der Waals surface area contributed by atoms with E-state index in [1.807, 2.05) is 49.4 Å². The Bertz CT molecular complexity index is 1060. The Kier molecular flexibility index (Phi) is 5.18. The van der Waals surface area contributed by atoms with Crippen LogP contribution in [0.2, 0.25) is 0 Å². The van der Waals surface area contributed by atoms with Gasteiger partial charge in [-0.2, -0.15) is 0 Å². The molecule has 8 nitrogen and oxygen atoms in total. The first-order chi connectivity index (χ1) is 14.1. The van der Waals surface area contributed by atoms with Crippen LogP contribution in [0.15, 0.2) is 42.5 Å². The fraction of sp³-hybridized carbons (Fsp3) is 0.286. The number of carbonyl (C=O) groups excluding carboxylic acids is 1. The van der Waals surface area contributed by atoms with Gasteiger partial charge >= 0.3 is 0 Å². The van der Waals surface area contributed by atoms with Crippen LogP contribution in [0, 0.1) is 6.92 Å². The number of hydrogen-bond donors (Lipinski definition) is 3. The topological polar surface area (TPSA) is 97.4 Å². The van der Waals surface area contributed by atoms with Crippen LogP contribution in [0.25, 0.3) is 10.9 Å². The fourth-order valence-corrected chi connectivity index (χ4v) is 3.50. The monoisotopic (exact) mass is 393 g/mol. The summed E-state index contributed by atoms with van der Waals surface area (Å²) >= 11 is 0. The van der Waals surface area contributed by atoms with E-state index >= 15 is 0 Å². The van der Waals surface area contributed by atoms with Crippen LogP contribution in [0.5, 0.6) is 11.5 Å². The summed E-state index contributed by atoms with van der Waals surface area (Å²) in [6, 6.07) is 13.3. The van der Waals surface area contributed by atoms with Crippen LogP contribution in [0.4, 0.5) is 5.95 Å². The van der Waals surface area contributed by atoms with E-state index in [9.17, 15) is 4.79 Å². The molecule has 0 bridgehead atoms. The Morgan fingerprint density at radius 3 is 2.66 bits per heavy atom. The Balaban J connectivity index is 1.56. The highest BCUT2D eigenvalue weighted by molar-refractivity contribution is 5.82. The second-order valence-corrected chi connectivity index (χ2v) is 6.83. The zero-order valence-electron chi connectivity index (χ0n) is 16.5. The second kappa shape index (κ2) is 7.92. The van der Waals surface area contributed by atoms with Crippen molar-refractivity contribution >= 4 is 22.8 Å². The van der Waals surface area contributed by atoms with Crippen molar-refractivity contribution in [3.63, 3.8) is 0 Å². The molecule has 0 saturated carbocycles. The number of amides is 1. The standard InChI is InChI=1S/C21H23N5O3/c1-12-14-6-4-5-7-15(14)23-20(22-12)26-21-24-16(11-19(27)25-21)13-8-9-17(28-2)18(10-13)29-3/h4-10,16,21,24H,11H2,1-3H3,(H,25,27)(H,22,23,26). The normalized spacial score (nSPS) is 18.9. The molecule has 3 aromatic rings.